The van der Waals surface area contributed by atoms with Gasteiger partial charge < -0.3 is 5.32 Å². The predicted molar refractivity (Wildman–Crippen MR) is 95.6 cm³/mol. The Morgan fingerprint density at radius 2 is 2.00 bits per heavy atom. The van der Waals surface area contributed by atoms with E-state index in [1.807, 2.05) is 36.7 Å². The second-order valence-electron chi connectivity index (χ2n) is 6.85. The molecule has 6 heteroatoms. The molecule has 0 aliphatic carbocycles. The van der Waals surface area contributed by atoms with Crippen molar-refractivity contribution in [2.24, 2.45) is 0 Å². The third kappa shape index (κ3) is 5.06. The first-order valence-corrected chi connectivity index (χ1v) is 8.83. The molecular formula is C19H25N5O. The van der Waals surface area contributed by atoms with Gasteiger partial charge in [-0.15, -0.1) is 0 Å². The van der Waals surface area contributed by atoms with E-state index in [0.29, 0.717) is 18.9 Å². The summed E-state index contributed by atoms with van der Waals surface area (Å²) >= 11 is 0. The number of aromatic nitrogens is 3. The van der Waals surface area contributed by atoms with Gasteiger partial charge in [-0.1, -0.05) is 19.9 Å². The van der Waals surface area contributed by atoms with Crippen molar-refractivity contribution in [3.05, 3.63) is 53.9 Å². The molecule has 6 nitrogen and oxygen atoms in total. The zero-order valence-electron chi connectivity index (χ0n) is 14.9. The molecule has 2 aromatic heterocycles. The van der Waals surface area contributed by atoms with Crippen LogP contribution in [-0.2, 0) is 17.9 Å². The highest BCUT2D eigenvalue weighted by Gasteiger charge is 2.23. The number of carbonyl (C=O) groups is 1. The molecule has 0 radical (unpaired) electrons. The van der Waals surface area contributed by atoms with Crippen molar-refractivity contribution in [1.82, 2.24) is 25.2 Å². The summed E-state index contributed by atoms with van der Waals surface area (Å²) in [7, 11) is 0. The lowest BCUT2D eigenvalue weighted by molar-refractivity contribution is -0.119. The summed E-state index contributed by atoms with van der Waals surface area (Å²) in [4.78, 5) is 27.3. The molecule has 0 aromatic carbocycles. The van der Waals surface area contributed by atoms with E-state index in [9.17, 15) is 4.79 Å². The molecule has 132 valence electrons. The molecule has 0 saturated carbocycles. The highest BCUT2D eigenvalue weighted by atomic mass is 16.1. The summed E-state index contributed by atoms with van der Waals surface area (Å²) in [5.74, 6) is 1.31. The lowest BCUT2D eigenvalue weighted by Gasteiger charge is -2.25. The van der Waals surface area contributed by atoms with Gasteiger partial charge in [0.25, 0.3) is 0 Å². The van der Waals surface area contributed by atoms with Crippen molar-refractivity contribution in [3.8, 4) is 0 Å². The molecule has 1 atom stereocenters. The van der Waals surface area contributed by atoms with Gasteiger partial charge in [-0.3, -0.25) is 14.7 Å². The number of hydrogen-bond acceptors (Lipinski definition) is 5. The number of nitrogens with one attached hydrogen (secondary N) is 1. The van der Waals surface area contributed by atoms with E-state index >= 15 is 0 Å². The normalized spacial score (nSPS) is 17.3. The molecule has 0 bridgehead atoms. The molecule has 0 spiro atoms. The molecule has 3 rings (SSSR count). The van der Waals surface area contributed by atoms with Crippen LogP contribution in [0.15, 0.2) is 36.7 Å². The second-order valence-corrected chi connectivity index (χ2v) is 6.85. The van der Waals surface area contributed by atoms with Crippen LogP contribution in [0.25, 0.3) is 0 Å². The Morgan fingerprint density at radius 1 is 1.16 bits per heavy atom. The largest absolute Gasteiger partial charge is 0.352 e. The number of rotatable bonds is 7. The third-order valence-electron chi connectivity index (χ3n) is 4.31. The average Bonchev–Trinajstić information content (AvgIpc) is 3.01. The fourth-order valence-corrected chi connectivity index (χ4v) is 3.04. The van der Waals surface area contributed by atoms with E-state index in [-0.39, 0.29) is 11.9 Å². The summed E-state index contributed by atoms with van der Waals surface area (Å²) in [5.41, 5.74) is 2.02. The fraction of sp³-hybridized carbons (Fsp3) is 0.474. The lowest BCUT2D eigenvalue weighted by Crippen LogP contribution is -2.38. The van der Waals surface area contributed by atoms with Crippen LogP contribution in [0.2, 0.25) is 0 Å². The monoisotopic (exact) mass is 339 g/mol. The van der Waals surface area contributed by atoms with E-state index in [1.54, 1.807) is 0 Å². The molecule has 3 heterocycles. The molecule has 0 unspecified atom stereocenters. The van der Waals surface area contributed by atoms with Crippen LogP contribution in [0.4, 0.5) is 0 Å². The van der Waals surface area contributed by atoms with Crippen LogP contribution in [0, 0.1) is 0 Å². The lowest BCUT2D eigenvalue weighted by atomic mass is 10.2. The van der Waals surface area contributed by atoms with Crippen LogP contribution in [0.3, 0.4) is 0 Å². The maximum Gasteiger partial charge on any atom is 0.220 e. The summed E-state index contributed by atoms with van der Waals surface area (Å²) < 4.78 is 0. The van der Waals surface area contributed by atoms with Gasteiger partial charge in [0.1, 0.15) is 5.82 Å². The Kier molecular flexibility index (Phi) is 5.71. The molecule has 25 heavy (non-hydrogen) atoms. The minimum Gasteiger partial charge on any atom is -0.352 e. The molecule has 1 fully saturated rings. The van der Waals surface area contributed by atoms with Gasteiger partial charge in [0.15, 0.2) is 0 Å². The first-order valence-electron chi connectivity index (χ1n) is 8.83. The molecule has 1 aliphatic heterocycles. The van der Waals surface area contributed by atoms with Crippen LogP contribution in [-0.4, -0.2) is 38.3 Å². The summed E-state index contributed by atoms with van der Waals surface area (Å²) in [6.07, 6.45) is 5.14. The Balaban J connectivity index is 1.73. The first-order chi connectivity index (χ1) is 12.1. The van der Waals surface area contributed by atoms with Gasteiger partial charge in [-0.2, -0.15) is 0 Å². The Labute approximate surface area is 148 Å². The van der Waals surface area contributed by atoms with Crippen LogP contribution >= 0.6 is 0 Å². The number of carbonyl (C=O) groups excluding carboxylic acids is 1. The summed E-state index contributed by atoms with van der Waals surface area (Å²) in [6, 6.07) is 8.11. The van der Waals surface area contributed by atoms with Gasteiger partial charge in [-0.25, -0.2) is 9.97 Å². The summed E-state index contributed by atoms with van der Waals surface area (Å²) in [6.45, 7) is 6.43. The third-order valence-corrected chi connectivity index (χ3v) is 4.31. The van der Waals surface area contributed by atoms with Crippen molar-refractivity contribution in [3.63, 3.8) is 0 Å². The van der Waals surface area contributed by atoms with E-state index in [1.165, 1.54) is 0 Å². The van der Waals surface area contributed by atoms with Crippen LogP contribution < -0.4 is 5.32 Å². The topological polar surface area (TPSA) is 71.0 Å². The van der Waals surface area contributed by atoms with Gasteiger partial charge in [-0.05, 0) is 24.6 Å². The standard InChI is InChI=1S/C19H25N5O/c1-14(2)19-21-10-8-17(23-19)13-24(11-15-5-3-4-9-20-15)12-16-6-7-18(25)22-16/h3-5,8-10,14,16H,6-7,11-13H2,1-2H3,(H,22,25)/t16-/m0/s1. The molecule has 2 aromatic rings. The van der Waals surface area contributed by atoms with Gasteiger partial charge >= 0.3 is 0 Å². The minimum absolute atomic E-state index is 0.145. The van der Waals surface area contributed by atoms with E-state index < -0.39 is 0 Å². The van der Waals surface area contributed by atoms with Crippen LogP contribution in [0.1, 0.15) is 49.8 Å². The molecule has 1 saturated heterocycles. The highest BCUT2D eigenvalue weighted by molar-refractivity contribution is 5.78. The quantitative estimate of drug-likeness (QED) is 0.838. The maximum atomic E-state index is 11.5. The second kappa shape index (κ2) is 8.16. The number of amides is 1. The SMILES string of the molecule is CC(C)c1nccc(CN(Cc2ccccn2)C[C@@H]2CCC(=O)N2)n1. The van der Waals surface area contributed by atoms with E-state index in [4.69, 9.17) is 0 Å². The highest BCUT2D eigenvalue weighted by Crippen LogP contribution is 2.14. The van der Waals surface area contributed by atoms with E-state index in [2.05, 4.69) is 39.0 Å². The fourth-order valence-electron chi connectivity index (χ4n) is 3.04. The first kappa shape index (κ1) is 17.5. The van der Waals surface area contributed by atoms with Gasteiger partial charge in [0, 0.05) is 50.4 Å². The van der Waals surface area contributed by atoms with Crippen LogP contribution in [0.5, 0.6) is 0 Å². The zero-order valence-corrected chi connectivity index (χ0v) is 14.9. The van der Waals surface area contributed by atoms with Crippen molar-refractivity contribution >= 4 is 5.91 Å². The zero-order chi connectivity index (χ0) is 17.6. The Hall–Kier alpha value is -2.34. The maximum absolute atomic E-state index is 11.5. The molecule has 1 N–H and O–H groups in total. The van der Waals surface area contributed by atoms with Crippen molar-refractivity contribution in [1.29, 1.82) is 0 Å². The van der Waals surface area contributed by atoms with Crippen molar-refractivity contribution in [2.75, 3.05) is 6.54 Å². The Morgan fingerprint density at radius 3 is 2.68 bits per heavy atom. The summed E-state index contributed by atoms with van der Waals surface area (Å²) in [5, 5.41) is 3.05. The molecule has 1 amide bonds. The van der Waals surface area contributed by atoms with E-state index in [0.717, 1.165) is 36.7 Å². The average molecular weight is 339 g/mol. The predicted octanol–water partition coefficient (Wildman–Crippen LogP) is 2.28. The van der Waals surface area contributed by atoms with Crippen molar-refractivity contribution < 1.29 is 4.79 Å². The number of pyridine rings is 1. The van der Waals surface area contributed by atoms with Gasteiger partial charge in [0.2, 0.25) is 5.91 Å². The minimum atomic E-state index is 0.145. The van der Waals surface area contributed by atoms with Gasteiger partial charge in [0.05, 0.1) is 11.4 Å². The number of nitrogens with zero attached hydrogens (tertiary/aromatic N) is 4. The molecular weight excluding hydrogens is 314 g/mol. The number of hydrogen-bond donors (Lipinski definition) is 1. The molecule has 1 aliphatic rings. The smallest absolute Gasteiger partial charge is 0.220 e. The Bertz CT molecular complexity index is 704. The van der Waals surface area contributed by atoms with Crippen molar-refractivity contribution in [2.45, 2.75) is 51.7 Å².